The maximum Gasteiger partial charge on any atom is 0.272 e. The van der Waals surface area contributed by atoms with E-state index in [1.165, 1.54) is 0 Å². The molecule has 0 aliphatic rings. The van der Waals surface area contributed by atoms with E-state index in [0.717, 1.165) is 27.8 Å². The molecule has 0 atom stereocenters. The second kappa shape index (κ2) is 3.45. The van der Waals surface area contributed by atoms with Gasteiger partial charge in [-0.3, -0.25) is 0 Å². The number of nitrogens with one attached hydrogen (secondary N) is 1. The zero-order chi connectivity index (χ0) is 11.0. The molecule has 2 aromatic carbocycles. The minimum Gasteiger partial charge on any atom is -0.490 e. The Morgan fingerprint density at radius 1 is 1.00 bits per heavy atom. The molecule has 3 nitrogen and oxygen atoms in total. The SMILES string of the molecule is COc1cccc2nc3ccccc3[nH+]c12. The van der Waals surface area contributed by atoms with Crippen LogP contribution in [0.2, 0.25) is 0 Å². The fourth-order valence-corrected chi connectivity index (χ4v) is 1.85. The summed E-state index contributed by atoms with van der Waals surface area (Å²) in [5, 5.41) is 0. The number of hydrogen-bond donors (Lipinski definition) is 0. The van der Waals surface area contributed by atoms with Crippen LogP contribution in [0.3, 0.4) is 0 Å². The molecular formula is C13H11N2O+. The number of hydrogen-bond acceptors (Lipinski definition) is 2. The van der Waals surface area contributed by atoms with Gasteiger partial charge < -0.3 is 4.74 Å². The predicted octanol–water partition coefficient (Wildman–Crippen LogP) is 2.21. The van der Waals surface area contributed by atoms with Crippen LogP contribution in [-0.4, -0.2) is 12.1 Å². The smallest absolute Gasteiger partial charge is 0.272 e. The molecule has 0 aliphatic heterocycles. The number of aromatic amines is 1. The van der Waals surface area contributed by atoms with E-state index in [4.69, 9.17) is 4.74 Å². The molecule has 0 saturated heterocycles. The maximum atomic E-state index is 5.31. The lowest BCUT2D eigenvalue weighted by molar-refractivity contribution is -0.311. The molecule has 1 heterocycles. The Morgan fingerprint density at radius 3 is 2.69 bits per heavy atom. The van der Waals surface area contributed by atoms with E-state index >= 15 is 0 Å². The summed E-state index contributed by atoms with van der Waals surface area (Å²) in [5.74, 6) is 0.816. The number of nitrogens with zero attached hydrogens (tertiary/aromatic N) is 1. The summed E-state index contributed by atoms with van der Waals surface area (Å²) in [6, 6.07) is 13.8. The van der Waals surface area contributed by atoms with Crippen molar-refractivity contribution in [3.05, 3.63) is 42.5 Å². The predicted molar refractivity (Wildman–Crippen MR) is 62.4 cm³/mol. The van der Waals surface area contributed by atoms with E-state index in [1.54, 1.807) is 7.11 Å². The Kier molecular flexibility index (Phi) is 1.96. The van der Waals surface area contributed by atoms with Gasteiger partial charge in [-0.1, -0.05) is 18.2 Å². The molecule has 3 rings (SSSR count). The zero-order valence-electron chi connectivity index (χ0n) is 8.90. The lowest BCUT2D eigenvalue weighted by Crippen LogP contribution is -2.08. The van der Waals surface area contributed by atoms with Crippen LogP contribution in [-0.2, 0) is 0 Å². The summed E-state index contributed by atoms with van der Waals surface area (Å²) < 4.78 is 5.31. The fraction of sp³-hybridized carbons (Fsp3) is 0.0769. The van der Waals surface area contributed by atoms with Crippen molar-refractivity contribution in [1.29, 1.82) is 0 Å². The molecule has 0 amide bonds. The third-order valence-corrected chi connectivity index (χ3v) is 2.63. The summed E-state index contributed by atoms with van der Waals surface area (Å²) >= 11 is 0. The highest BCUT2D eigenvalue weighted by molar-refractivity contribution is 5.84. The van der Waals surface area contributed by atoms with E-state index in [2.05, 4.69) is 9.97 Å². The summed E-state index contributed by atoms with van der Waals surface area (Å²) in [5.41, 5.74) is 3.82. The van der Waals surface area contributed by atoms with Gasteiger partial charge in [0.2, 0.25) is 5.52 Å². The molecule has 1 aromatic heterocycles. The highest BCUT2D eigenvalue weighted by Crippen LogP contribution is 2.21. The van der Waals surface area contributed by atoms with Gasteiger partial charge in [-0.2, -0.15) is 4.98 Å². The van der Waals surface area contributed by atoms with Gasteiger partial charge in [-0.05, 0) is 18.2 Å². The van der Waals surface area contributed by atoms with Crippen LogP contribution in [0.5, 0.6) is 5.75 Å². The van der Waals surface area contributed by atoms with Gasteiger partial charge >= 0.3 is 0 Å². The topological polar surface area (TPSA) is 36.3 Å². The first kappa shape index (κ1) is 9.09. The summed E-state index contributed by atoms with van der Waals surface area (Å²) in [6.07, 6.45) is 0. The molecule has 0 radical (unpaired) electrons. The van der Waals surface area contributed by atoms with E-state index in [0.29, 0.717) is 0 Å². The Hall–Kier alpha value is -2.16. The largest absolute Gasteiger partial charge is 0.490 e. The normalized spacial score (nSPS) is 10.8. The van der Waals surface area contributed by atoms with Crippen LogP contribution in [0.1, 0.15) is 0 Å². The maximum absolute atomic E-state index is 5.31. The molecule has 78 valence electrons. The molecule has 0 fully saturated rings. The molecule has 1 N–H and O–H groups in total. The van der Waals surface area contributed by atoms with Crippen LogP contribution >= 0.6 is 0 Å². The molecule has 0 spiro atoms. The van der Waals surface area contributed by atoms with Crippen LogP contribution in [0.15, 0.2) is 42.5 Å². The van der Waals surface area contributed by atoms with Crippen LogP contribution in [0.25, 0.3) is 22.1 Å². The second-order valence-corrected chi connectivity index (χ2v) is 3.61. The van der Waals surface area contributed by atoms with Gasteiger partial charge in [0.05, 0.1) is 7.11 Å². The highest BCUT2D eigenvalue weighted by atomic mass is 16.5. The molecule has 0 bridgehead atoms. The number of fused-ring (bicyclic) bond motifs is 2. The van der Waals surface area contributed by atoms with Crippen LogP contribution in [0, 0.1) is 0 Å². The van der Waals surface area contributed by atoms with Crippen molar-refractivity contribution >= 4 is 22.1 Å². The lowest BCUT2D eigenvalue weighted by atomic mass is 10.2. The number of para-hydroxylation sites is 3. The van der Waals surface area contributed by atoms with Crippen molar-refractivity contribution in [3.8, 4) is 5.75 Å². The average Bonchev–Trinajstić information content (AvgIpc) is 2.35. The fourth-order valence-electron chi connectivity index (χ4n) is 1.85. The van der Waals surface area contributed by atoms with Crippen molar-refractivity contribution in [3.63, 3.8) is 0 Å². The first-order chi connectivity index (χ1) is 7.88. The Morgan fingerprint density at radius 2 is 1.81 bits per heavy atom. The molecule has 3 heteroatoms. The van der Waals surface area contributed by atoms with Crippen molar-refractivity contribution in [2.75, 3.05) is 7.11 Å². The standard InChI is InChI=1S/C13H10N2O/c1-16-12-8-4-7-11-13(12)15-10-6-3-2-5-9(10)14-11/h2-8H,1H3/p+1. The second-order valence-electron chi connectivity index (χ2n) is 3.61. The molecule has 0 aliphatic carbocycles. The van der Waals surface area contributed by atoms with Crippen LogP contribution in [0.4, 0.5) is 0 Å². The molecular weight excluding hydrogens is 200 g/mol. The summed E-state index contributed by atoms with van der Waals surface area (Å²) in [7, 11) is 1.66. The molecule has 16 heavy (non-hydrogen) atoms. The Bertz CT molecular complexity index is 664. The van der Waals surface area contributed by atoms with Crippen molar-refractivity contribution in [2.24, 2.45) is 0 Å². The van der Waals surface area contributed by atoms with E-state index in [1.807, 2.05) is 42.5 Å². The lowest BCUT2D eigenvalue weighted by Gasteiger charge is -2.00. The third kappa shape index (κ3) is 1.29. The monoisotopic (exact) mass is 211 g/mol. The highest BCUT2D eigenvalue weighted by Gasteiger charge is 2.11. The van der Waals surface area contributed by atoms with Crippen LogP contribution < -0.4 is 9.72 Å². The Balaban J connectivity index is 2.46. The minimum absolute atomic E-state index is 0.816. The summed E-state index contributed by atoms with van der Waals surface area (Å²) in [4.78, 5) is 7.92. The van der Waals surface area contributed by atoms with E-state index in [9.17, 15) is 0 Å². The summed E-state index contributed by atoms with van der Waals surface area (Å²) in [6.45, 7) is 0. The third-order valence-electron chi connectivity index (χ3n) is 2.63. The quantitative estimate of drug-likeness (QED) is 0.578. The van der Waals surface area contributed by atoms with Gasteiger partial charge in [0.1, 0.15) is 11.0 Å². The molecule has 3 aromatic rings. The van der Waals surface area contributed by atoms with Gasteiger partial charge in [0.15, 0.2) is 5.75 Å². The van der Waals surface area contributed by atoms with Gasteiger partial charge in [0, 0.05) is 6.07 Å². The number of methoxy groups -OCH3 is 1. The van der Waals surface area contributed by atoms with Crippen molar-refractivity contribution in [2.45, 2.75) is 0 Å². The number of H-pyrrole nitrogens is 1. The molecule has 0 saturated carbocycles. The minimum atomic E-state index is 0.816. The first-order valence-corrected chi connectivity index (χ1v) is 5.13. The Labute approximate surface area is 92.7 Å². The van der Waals surface area contributed by atoms with Gasteiger partial charge in [-0.15, -0.1) is 0 Å². The van der Waals surface area contributed by atoms with E-state index in [-0.39, 0.29) is 0 Å². The van der Waals surface area contributed by atoms with E-state index < -0.39 is 0 Å². The number of benzene rings is 2. The zero-order valence-corrected chi connectivity index (χ0v) is 8.90. The van der Waals surface area contributed by atoms with Gasteiger partial charge in [0.25, 0.3) is 5.52 Å². The molecule has 0 unspecified atom stereocenters. The first-order valence-electron chi connectivity index (χ1n) is 5.13. The van der Waals surface area contributed by atoms with Crippen molar-refractivity contribution in [1.82, 2.24) is 4.98 Å². The average molecular weight is 211 g/mol. The number of rotatable bonds is 1. The number of ether oxygens (including phenoxy) is 1. The van der Waals surface area contributed by atoms with Crippen molar-refractivity contribution < 1.29 is 9.72 Å². The van der Waals surface area contributed by atoms with Gasteiger partial charge in [-0.25, -0.2) is 4.98 Å². The number of aromatic nitrogens is 2.